The summed E-state index contributed by atoms with van der Waals surface area (Å²) in [4.78, 5) is 45.3. The molecule has 2 bridgehead atoms. The van der Waals surface area contributed by atoms with E-state index in [1.807, 2.05) is 28.8 Å². The third kappa shape index (κ3) is 6.44. The van der Waals surface area contributed by atoms with E-state index in [0.29, 0.717) is 18.1 Å². The van der Waals surface area contributed by atoms with Crippen molar-refractivity contribution in [2.45, 2.75) is 94.8 Å². The van der Waals surface area contributed by atoms with Gasteiger partial charge in [-0.1, -0.05) is 44.2 Å². The maximum Gasteiger partial charge on any atom is 0.317 e. The number of hydrogen-bond acceptors (Lipinski definition) is 7. The lowest BCUT2D eigenvalue weighted by Gasteiger charge is -2.45. The fraction of sp³-hybridized carbons (Fsp3) is 0.655. The van der Waals surface area contributed by atoms with Crippen molar-refractivity contribution >= 4 is 28.7 Å². The first-order chi connectivity index (χ1) is 18.9. The van der Waals surface area contributed by atoms with Crippen LogP contribution in [0, 0.1) is 0 Å². The smallest absolute Gasteiger partial charge is 0.317 e. The molecule has 0 spiro atoms. The molecule has 4 N–H and O–H groups in total. The van der Waals surface area contributed by atoms with Crippen molar-refractivity contribution in [2.75, 3.05) is 31.5 Å². The van der Waals surface area contributed by atoms with Crippen LogP contribution in [0.5, 0.6) is 0 Å². The number of piperidine rings is 1. The highest BCUT2D eigenvalue weighted by Gasteiger charge is 2.44. The molecule has 39 heavy (non-hydrogen) atoms. The Hall–Kier alpha value is -2.98. The fourth-order valence-corrected chi connectivity index (χ4v) is 7.31. The highest BCUT2D eigenvalue weighted by molar-refractivity contribution is 5.77. The summed E-state index contributed by atoms with van der Waals surface area (Å²) in [5, 5.41) is 12.3. The quantitative estimate of drug-likeness (QED) is 0.420. The Bertz CT molecular complexity index is 1190. The van der Waals surface area contributed by atoms with E-state index in [-0.39, 0.29) is 43.6 Å². The number of para-hydroxylation sites is 2. The van der Waals surface area contributed by atoms with E-state index in [0.717, 1.165) is 23.9 Å². The number of rotatable bonds is 10. The predicted molar refractivity (Wildman–Crippen MR) is 151 cm³/mol. The number of nitrogens with zero attached hydrogens (tertiary/aromatic N) is 4. The number of benzene rings is 1. The lowest BCUT2D eigenvalue weighted by Crippen LogP contribution is -2.50. The van der Waals surface area contributed by atoms with Crippen LogP contribution < -0.4 is 16.6 Å². The van der Waals surface area contributed by atoms with Gasteiger partial charge in [0.05, 0.1) is 24.1 Å². The summed E-state index contributed by atoms with van der Waals surface area (Å²) in [5.74, 6) is -1.37. The second-order valence-electron chi connectivity index (χ2n) is 11.6. The molecule has 212 valence electrons. The van der Waals surface area contributed by atoms with Crippen LogP contribution in [0.2, 0.25) is 0 Å². The van der Waals surface area contributed by atoms with Gasteiger partial charge in [-0.25, -0.2) is 4.98 Å². The van der Waals surface area contributed by atoms with Gasteiger partial charge >= 0.3 is 5.97 Å². The van der Waals surface area contributed by atoms with Crippen LogP contribution in [-0.2, 0) is 9.59 Å². The predicted octanol–water partition coefficient (Wildman–Crippen LogP) is 2.96. The SMILES string of the molecule is NC(=O)CN(CCNc1nc2ccccc2n(C2C[C@H]3CC[C@@H](C2)N3C2CCCCCCC2)c1=O)CC(=O)O. The molecule has 1 aliphatic carbocycles. The zero-order chi connectivity index (χ0) is 27.4. The van der Waals surface area contributed by atoms with Gasteiger partial charge in [0.2, 0.25) is 5.91 Å². The zero-order valence-corrected chi connectivity index (χ0v) is 22.8. The molecule has 1 unspecified atom stereocenters. The molecule has 3 atom stereocenters. The van der Waals surface area contributed by atoms with E-state index < -0.39 is 11.9 Å². The van der Waals surface area contributed by atoms with E-state index in [1.165, 1.54) is 62.7 Å². The molecule has 2 saturated heterocycles. The van der Waals surface area contributed by atoms with Crippen LogP contribution in [0.3, 0.4) is 0 Å². The molecule has 2 aromatic rings. The van der Waals surface area contributed by atoms with Crippen molar-refractivity contribution in [2.24, 2.45) is 5.73 Å². The average Bonchev–Trinajstić information content (AvgIpc) is 3.12. The first-order valence-electron chi connectivity index (χ1n) is 14.7. The van der Waals surface area contributed by atoms with Crippen LogP contribution >= 0.6 is 0 Å². The number of amides is 1. The largest absolute Gasteiger partial charge is 0.480 e. The summed E-state index contributed by atoms with van der Waals surface area (Å²) >= 11 is 0. The summed E-state index contributed by atoms with van der Waals surface area (Å²) in [6.07, 6.45) is 13.7. The third-order valence-corrected chi connectivity index (χ3v) is 8.88. The van der Waals surface area contributed by atoms with Crippen molar-refractivity contribution in [1.29, 1.82) is 0 Å². The van der Waals surface area contributed by atoms with E-state index >= 15 is 0 Å². The number of carbonyl (C=O) groups is 2. The second kappa shape index (κ2) is 12.5. The monoisotopic (exact) mass is 538 g/mol. The Kier molecular flexibility index (Phi) is 8.82. The molecule has 10 heteroatoms. The van der Waals surface area contributed by atoms with Gasteiger partial charge in [-0.2, -0.15) is 0 Å². The van der Waals surface area contributed by atoms with Crippen LogP contribution in [0.4, 0.5) is 5.82 Å². The molecule has 1 aromatic heterocycles. The van der Waals surface area contributed by atoms with Crippen molar-refractivity contribution < 1.29 is 14.7 Å². The van der Waals surface area contributed by atoms with Crippen molar-refractivity contribution in [3.8, 4) is 0 Å². The number of aliphatic carboxylic acids is 1. The summed E-state index contributed by atoms with van der Waals surface area (Å²) < 4.78 is 1.96. The molecular weight excluding hydrogens is 496 g/mol. The first-order valence-corrected chi connectivity index (χ1v) is 14.7. The number of primary amides is 1. The molecule has 1 saturated carbocycles. The Balaban J connectivity index is 1.35. The van der Waals surface area contributed by atoms with Crippen LogP contribution in [-0.4, -0.2) is 80.6 Å². The number of anilines is 1. The molecule has 3 aliphatic rings. The number of nitrogens with one attached hydrogen (secondary N) is 1. The highest BCUT2D eigenvalue weighted by Crippen LogP contribution is 2.44. The van der Waals surface area contributed by atoms with Gasteiger partial charge in [0, 0.05) is 37.3 Å². The maximum atomic E-state index is 13.9. The van der Waals surface area contributed by atoms with E-state index in [1.54, 1.807) is 0 Å². The standard InChI is InChI=1S/C29H42N6O4/c30-26(36)18-33(19-27(37)38)15-14-31-28-29(39)35(25-11-7-6-10-24(25)32-28)23-16-21-12-13-22(17-23)34(21)20-8-4-2-1-3-5-9-20/h6-7,10-11,20-23H,1-5,8-9,12-19H2,(H2,30,36)(H,31,32)(H,37,38)/t21-,22+,23?. The van der Waals surface area contributed by atoms with Gasteiger partial charge in [-0.15, -0.1) is 0 Å². The van der Waals surface area contributed by atoms with Gasteiger partial charge in [0.15, 0.2) is 5.82 Å². The third-order valence-electron chi connectivity index (χ3n) is 8.88. The molecule has 0 radical (unpaired) electrons. The Morgan fingerprint density at radius 3 is 2.28 bits per heavy atom. The number of fused-ring (bicyclic) bond motifs is 3. The average molecular weight is 539 g/mol. The molecule has 1 aromatic carbocycles. The zero-order valence-electron chi connectivity index (χ0n) is 22.8. The van der Waals surface area contributed by atoms with Crippen molar-refractivity contribution in [1.82, 2.24) is 19.4 Å². The number of nitrogens with two attached hydrogens (primary N) is 1. The lowest BCUT2D eigenvalue weighted by molar-refractivity contribution is -0.138. The van der Waals surface area contributed by atoms with Crippen LogP contribution in [0.1, 0.15) is 76.7 Å². The van der Waals surface area contributed by atoms with Gasteiger partial charge in [-0.05, 0) is 50.7 Å². The lowest BCUT2D eigenvalue weighted by atomic mass is 9.89. The fourth-order valence-electron chi connectivity index (χ4n) is 7.31. The molecular formula is C29H42N6O4. The summed E-state index contributed by atoms with van der Waals surface area (Å²) in [5.41, 5.74) is 6.75. The Morgan fingerprint density at radius 2 is 1.62 bits per heavy atom. The minimum absolute atomic E-state index is 0.117. The normalized spacial score (nSPS) is 24.5. The minimum atomic E-state index is -1.04. The number of hydrogen-bond donors (Lipinski definition) is 3. The van der Waals surface area contributed by atoms with E-state index in [4.69, 9.17) is 10.8 Å². The number of carbonyl (C=O) groups excluding carboxylic acids is 1. The topological polar surface area (TPSA) is 134 Å². The number of aromatic nitrogens is 2. The van der Waals surface area contributed by atoms with Gasteiger partial charge < -0.3 is 20.7 Å². The van der Waals surface area contributed by atoms with Crippen molar-refractivity contribution in [3.05, 3.63) is 34.6 Å². The molecule has 3 heterocycles. The number of carboxylic acids is 1. The molecule has 2 aliphatic heterocycles. The maximum absolute atomic E-state index is 13.9. The van der Waals surface area contributed by atoms with Gasteiger partial charge in [0.25, 0.3) is 5.56 Å². The molecule has 5 rings (SSSR count). The molecule has 1 amide bonds. The van der Waals surface area contributed by atoms with E-state index in [2.05, 4.69) is 15.2 Å². The first kappa shape index (κ1) is 27.6. The highest BCUT2D eigenvalue weighted by atomic mass is 16.4. The molecule has 10 nitrogen and oxygen atoms in total. The van der Waals surface area contributed by atoms with Gasteiger partial charge in [-0.3, -0.25) is 24.2 Å². The van der Waals surface area contributed by atoms with Crippen LogP contribution in [0.25, 0.3) is 11.0 Å². The van der Waals surface area contributed by atoms with E-state index in [9.17, 15) is 14.4 Å². The second-order valence-corrected chi connectivity index (χ2v) is 11.6. The summed E-state index contributed by atoms with van der Waals surface area (Å²) in [6.45, 7) is 0.0493. The van der Waals surface area contributed by atoms with Gasteiger partial charge in [0.1, 0.15) is 0 Å². The Morgan fingerprint density at radius 1 is 0.949 bits per heavy atom. The molecule has 3 fully saturated rings. The Labute approximate surface area is 229 Å². The van der Waals surface area contributed by atoms with Crippen LogP contribution in [0.15, 0.2) is 29.1 Å². The van der Waals surface area contributed by atoms with Crippen molar-refractivity contribution in [3.63, 3.8) is 0 Å². The minimum Gasteiger partial charge on any atom is -0.480 e. The summed E-state index contributed by atoms with van der Waals surface area (Å²) in [7, 11) is 0. The summed E-state index contributed by atoms with van der Waals surface area (Å²) in [6, 6.07) is 9.64. The number of carboxylic acid groups (broad SMARTS) is 1.